The SMILES string of the molecule is CN(C(=O)c1ccc2c(c1)N(C)C(=O)CCO2)c1ccncc1. The summed E-state index contributed by atoms with van der Waals surface area (Å²) in [5, 5.41) is 0. The normalized spacial score (nSPS) is 13.8. The fourth-order valence-electron chi connectivity index (χ4n) is 2.46. The lowest BCUT2D eigenvalue weighted by molar-refractivity contribution is -0.118. The monoisotopic (exact) mass is 311 g/mol. The second-order valence-electron chi connectivity index (χ2n) is 5.30. The predicted octanol–water partition coefficient (Wildman–Crippen LogP) is 2.10. The van der Waals surface area contributed by atoms with Gasteiger partial charge in [0.15, 0.2) is 0 Å². The van der Waals surface area contributed by atoms with Crippen molar-refractivity contribution >= 4 is 23.2 Å². The van der Waals surface area contributed by atoms with Crippen molar-refractivity contribution in [3.05, 3.63) is 48.3 Å². The Kier molecular flexibility index (Phi) is 3.97. The van der Waals surface area contributed by atoms with Crippen molar-refractivity contribution in [3.63, 3.8) is 0 Å². The van der Waals surface area contributed by atoms with Gasteiger partial charge in [0.25, 0.3) is 5.91 Å². The van der Waals surface area contributed by atoms with E-state index in [1.807, 2.05) is 0 Å². The van der Waals surface area contributed by atoms with Gasteiger partial charge in [-0.3, -0.25) is 14.6 Å². The van der Waals surface area contributed by atoms with Crippen molar-refractivity contribution in [1.29, 1.82) is 0 Å². The van der Waals surface area contributed by atoms with Gasteiger partial charge in [-0.05, 0) is 30.3 Å². The number of carbonyl (C=O) groups is 2. The van der Waals surface area contributed by atoms with Crippen molar-refractivity contribution in [3.8, 4) is 5.75 Å². The maximum absolute atomic E-state index is 12.7. The summed E-state index contributed by atoms with van der Waals surface area (Å²) in [6.07, 6.45) is 3.60. The molecule has 0 unspecified atom stereocenters. The molecule has 0 aliphatic carbocycles. The van der Waals surface area contributed by atoms with Crippen molar-refractivity contribution < 1.29 is 14.3 Å². The number of anilines is 2. The summed E-state index contributed by atoms with van der Waals surface area (Å²) in [5.74, 6) is 0.418. The largest absolute Gasteiger partial charge is 0.491 e. The molecule has 2 amide bonds. The summed E-state index contributed by atoms with van der Waals surface area (Å²) in [6, 6.07) is 8.67. The van der Waals surface area contributed by atoms with Crippen LogP contribution in [0.2, 0.25) is 0 Å². The molecule has 2 heterocycles. The summed E-state index contributed by atoms with van der Waals surface area (Å²) in [5.41, 5.74) is 1.86. The molecular formula is C17H17N3O3. The van der Waals surface area contributed by atoms with Crippen molar-refractivity contribution in [2.75, 3.05) is 30.5 Å². The number of benzene rings is 1. The van der Waals surface area contributed by atoms with Gasteiger partial charge < -0.3 is 14.5 Å². The Balaban J connectivity index is 1.94. The third-order valence-electron chi connectivity index (χ3n) is 3.87. The maximum atomic E-state index is 12.7. The number of nitrogens with zero attached hydrogens (tertiary/aromatic N) is 3. The average molecular weight is 311 g/mol. The van der Waals surface area contributed by atoms with Crippen LogP contribution in [0.1, 0.15) is 16.8 Å². The molecule has 1 aliphatic rings. The molecule has 0 saturated carbocycles. The number of ether oxygens (including phenoxy) is 1. The lowest BCUT2D eigenvalue weighted by atomic mass is 10.1. The number of aromatic nitrogens is 1. The molecule has 2 aromatic rings. The van der Waals surface area contributed by atoms with Gasteiger partial charge in [-0.15, -0.1) is 0 Å². The first-order chi connectivity index (χ1) is 11.1. The zero-order chi connectivity index (χ0) is 16.4. The smallest absolute Gasteiger partial charge is 0.258 e. The molecule has 0 spiro atoms. The fraction of sp³-hybridized carbons (Fsp3) is 0.235. The van der Waals surface area contributed by atoms with E-state index in [1.54, 1.807) is 61.7 Å². The highest BCUT2D eigenvalue weighted by Gasteiger charge is 2.22. The third kappa shape index (κ3) is 2.88. The van der Waals surface area contributed by atoms with E-state index in [2.05, 4.69) is 4.98 Å². The number of amides is 2. The Bertz CT molecular complexity index is 746. The number of hydrogen-bond acceptors (Lipinski definition) is 4. The van der Waals surface area contributed by atoms with Gasteiger partial charge in [0.1, 0.15) is 5.75 Å². The summed E-state index contributed by atoms with van der Waals surface area (Å²) in [7, 11) is 3.39. The van der Waals surface area contributed by atoms with Crippen LogP contribution in [0.3, 0.4) is 0 Å². The van der Waals surface area contributed by atoms with Gasteiger partial charge in [-0.25, -0.2) is 0 Å². The van der Waals surface area contributed by atoms with Crippen LogP contribution >= 0.6 is 0 Å². The number of pyridine rings is 1. The summed E-state index contributed by atoms with van der Waals surface area (Å²) in [6.45, 7) is 0.348. The van der Waals surface area contributed by atoms with Crippen LogP contribution in [-0.2, 0) is 4.79 Å². The molecule has 0 N–H and O–H groups in total. The molecule has 1 aromatic carbocycles. The Labute approximate surface area is 134 Å². The van der Waals surface area contributed by atoms with Gasteiger partial charge >= 0.3 is 0 Å². The summed E-state index contributed by atoms with van der Waals surface area (Å²) < 4.78 is 5.57. The van der Waals surface area contributed by atoms with Crippen molar-refractivity contribution in [2.24, 2.45) is 0 Å². The van der Waals surface area contributed by atoms with Gasteiger partial charge in [0.2, 0.25) is 5.91 Å². The Morgan fingerprint density at radius 2 is 2.00 bits per heavy atom. The van der Waals surface area contributed by atoms with Crippen LogP contribution in [0.15, 0.2) is 42.7 Å². The molecule has 0 atom stereocenters. The molecule has 6 heteroatoms. The molecule has 1 aliphatic heterocycles. The average Bonchev–Trinajstić information content (AvgIpc) is 2.73. The molecule has 23 heavy (non-hydrogen) atoms. The van der Waals surface area contributed by atoms with E-state index in [0.29, 0.717) is 30.0 Å². The molecule has 3 rings (SSSR count). The van der Waals surface area contributed by atoms with Gasteiger partial charge in [-0.2, -0.15) is 0 Å². The van der Waals surface area contributed by atoms with E-state index in [1.165, 1.54) is 4.90 Å². The molecule has 118 valence electrons. The Hall–Kier alpha value is -2.89. The predicted molar refractivity (Wildman–Crippen MR) is 86.9 cm³/mol. The molecule has 0 bridgehead atoms. The Morgan fingerprint density at radius 1 is 1.26 bits per heavy atom. The molecule has 1 aromatic heterocycles. The summed E-state index contributed by atoms with van der Waals surface area (Å²) >= 11 is 0. The first kappa shape index (κ1) is 15.0. The van der Waals surface area contributed by atoms with E-state index < -0.39 is 0 Å². The minimum Gasteiger partial charge on any atom is -0.491 e. The molecule has 0 saturated heterocycles. The lowest BCUT2D eigenvalue weighted by Crippen LogP contribution is -2.27. The number of fused-ring (bicyclic) bond motifs is 1. The maximum Gasteiger partial charge on any atom is 0.258 e. The highest BCUT2D eigenvalue weighted by molar-refractivity contribution is 6.07. The lowest BCUT2D eigenvalue weighted by Gasteiger charge is -2.20. The quantitative estimate of drug-likeness (QED) is 0.852. The van der Waals surface area contributed by atoms with Crippen molar-refractivity contribution in [1.82, 2.24) is 4.98 Å². The minimum absolute atomic E-state index is 0.0316. The van der Waals surface area contributed by atoms with E-state index in [0.717, 1.165) is 5.69 Å². The molecular weight excluding hydrogens is 294 g/mol. The number of carbonyl (C=O) groups excluding carboxylic acids is 2. The van der Waals surface area contributed by atoms with Crippen LogP contribution in [0.4, 0.5) is 11.4 Å². The van der Waals surface area contributed by atoms with E-state index >= 15 is 0 Å². The van der Waals surface area contributed by atoms with E-state index in [4.69, 9.17) is 4.74 Å². The van der Waals surface area contributed by atoms with Crippen LogP contribution in [0, 0.1) is 0 Å². The first-order valence-electron chi connectivity index (χ1n) is 7.29. The van der Waals surface area contributed by atoms with Gasteiger partial charge in [0, 0.05) is 37.7 Å². The van der Waals surface area contributed by atoms with Crippen LogP contribution in [0.25, 0.3) is 0 Å². The Morgan fingerprint density at radius 3 is 2.74 bits per heavy atom. The zero-order valence-corrected chi connectivity index (χ0v) is 13.0. The third-order valence-corrected chi connectivity index (χ3v) is 3.87. The topological polar surface area (TPSA) is 62.7 Å². The zero-order valence-electron chi connectivity index (χ0n) is 13.0. The number of rotatable bonds is 2. The van der Waals surface area contributed by atoms with Gasteiger partial charge in [0.05, 0.1) is 18.7 Å². The standard InChI is InChI=1S/C17H17N3O3/c1-19(13-5-8-18-9-6-13)17(22)12-3-4-15-14(11-12)20(2)16(21)7-10-23-15/h3-6,8-9,11H,7,10H2,1-2H3. The van der Waals surface area contributed by atoms with Crippen LogP contribution in [-0.4, -0.2) is 37.5 Å². The molecule has 6 nitrogen and oxygen atoms in total. The number of hydrogen-bond donors (Lipinski definition) is 0. The van der Waals surface area contributed by atoms with E-state index in [9.17, 15) is 9.59 Å². The minimum atomic E-state index is -0.163. The molecule has 0 fully saturated rings. The summed E-state index contributed by atoms with van der Waals surface area (Å²) in [4.78, 5) is 31.6. The second-order valence-corrected chi connectivity index (χ2v) is 5.30. The molecule has 0 radical (unpaired) electrons. The second kappa shape index (κ2) is 6.08. The highest BCUT2D eigenvalue weighted by Crippen LogP contribution is 2.32. The fourth-order valence-corrected chi connectivity index (χ4v) is 2.46. The van der Waals surface area contributed by atoms with Crippen molar-refractivity contribution in [2.45, 2.75) is 6.42 Å². The van der Waals surface area contributed by atoms with Crippen LogP contribution in [0.5, 0.6) is 5.75 Å². The first-order valence-corrected chi connectivity index (χ1v) is 7.29. The highest BCUT2D eigenvalue weighted by atomic mass is 16.5. The van der Waals surface area contributed by atoms with E-state index in [-0.39, 0.29) is 11.8 Å². The van der Waals surface area contributed by atoms with Crippen LogP contribution < -0.4 is 14.5 Å². The van der Waals surface area contributed by atoms with Gasteiger partial charge in [-0.1, -0.05) is 0 Å².